The van der Waals surface area contributed by atoms with Crippen molar-refractivity contribution in [1.82, 2.24) is 25.1 Å². The first-order valence-electron chi connectivity index (χ1n) is 14.0. The van der Waals surface area contributed by atoms with Crippen molar-refractivity contribution in [2.24, 2.45) is 0 Å². The number of carbonyl (C=O) groups excluding carboxylic acids is 2. The number of anilines is 2. The van der Waals surface area contributed by atoms with Crippen LogP contribution in [0.3, 0.4) is 0 Å². The van der Waals surface area contributed by atoms with Gasteiger partial charge in [0.25, 0.3) is 5.91 Å². The van der Waals surface area contributed by atoms with Crippen LogP contribution in [0.4, 0.5) is 11.8 Å². The maximum absolute atomic E-state index is 13.5. The van der Waals surface area contributed by atoms with Gasteiger partial charge in [-0.2, -0.15) is 10.2 Å². The molecule has 0 bridgehead atoms. The molecule has 11 heteroatoms. The number of fused-ring (bicyclic) bond motifs is 1. The zero-order chi connectivity index (χ0) is 30.5. The van der Waals surface area contributed by atoms with Crippen molar-refractivity contribution in [3.05, 3.63) is 83.4 Å². The number of rotatable bonds is 8. The second-order valence-electron chi connectivity index (χ2n) is 10.8. The minimum atomic E-state index is -0.827. The highest BCUT2D eigenvalue weighted by Crippen LogP contribution is 2.27. The first-order valence-corrected chi connectivity index (χ1v) is 14.0. The number of hydrogen-bond donors (Lipinski definition) is 2. The third-order valence-corrected chi connectivity index (χ3v) is 7.34. The SMILES string of the molecule is CN1CCN(c2nc(N)nc3cc(C(=O)NC(Cc4cccc(Oc5cccc(C#N)c5)c4)C(=O)N(C)C)ccc23)CC1. The summed E-state index contributed by atoms with van der Waals surface area (Å²) in [7, 11) is 5.39. The predicted octanol–water partition coefficient (Wildman–Crippen LogP) is 3.06. The summed E-state index contributed by atoms with van der Waals surface area (Å²) in [5.41, 5.74) is 8.28. The van der Waals surface area contributed by atoms with Crippen LogP contribution in [0.25, 0.3) is 10.9 Å². The topological polar surface area (TPSA) is 141 Å². The highest BCUT2D eigenvalue weighted by molar-refractivity contribution is 6.02. The number of nitrogen functional groups attached to an aromatic ring is 1. The van der Waals surface area contributed by atoms with Gasteiger partial charge < -0.3 is 30.5 Å². The van der Waals surface area contributed by atoms with E-state index in [2.05, 4.69) is 38.2 Å². The van der Waals surface area contributed by atoms with Gasteiger partial charge in [-0.3, -0.25) is 9.59 Å². The van der Waals surface area contributed by atoms with E-state index in [1.807, 2.05) is 24.3 Å². The molecule has 3 N–H and O–H groups in total. The number of nitrogens with one attached hydrogen (secondary N) is 1. The highest BCUT2D eigenvalue weighted by atomic mass is 16.5. The molecule has 1 atom stereocenters. The normalized spacial score (nSPS) is 14.1. The molecule has 1 fully saturated rings. The van der Waals surface area contributed by atoms with Crippen molar-refractivity contribution in [1.29, 1.82) is 5.26 Å². The Bertz CT molecular complexity index is 1690. The summed E-state index contributed by atoms with van der Waals surface area (Å²) >= 11 is 0. The zero-order valence-corrected chi connectivity index (χ0v) is 24.4. The van der Waals surface area contributed by atoms with Crippen LogP contribution >= 0.6 is 0 Å². The van der Waals surface area contributed by atoms with Crippen molar-refractivity contribution in [3.63, 3.8) is 0 Å². The van der Waals surface area contributed by atoms with Crippen LogP contribution in [0.15, 0.2) is 66.7 Å². The molecule has 0 aliphatic carbocycles. The van der Waals surface area contributed by atoms with Crippen molar-refractivity contribution in [3.8, 4) is 17.6 Å². The van der Waals surface area contributed by atoms with Gasteiger partial charge in [-0.1, -0.05) is 18.2 Å². The average molecular weight is 579 g/mol. The minimum Gasteiger partial charge on any atom is -0.457 e. The first-order chi connectivity index (χ1) is 20.7. The van der Waals surface area contributed by atoms with Gasteiger partial charge in [0.15, 0.2) is 0 Å². The second-order valence-corrected chi connectivity index (χ2v) is 10.8. The Morgan fingerprint density at radius 2 is 1.74 bits per heavy atom. The quantitative estimate of drug-likeness (QED) is 0.323. The summed E-state index contributed by atoms with van der Waals surface area (Å²) in [5, 5.41) is 12.9. The van der Waals surface area contributed by atoms with Gasteiger partial charge in [0.05, 0.1) is 17.1 Å². The number of ether oxygens (including phenoxy) is 1. The molecule has 1 aromatic heterocycles. The number of likely N-dealkylation sites (N-methyl/N-ethyl adjacent to an activating group) is 2. The third-order valence-electron chi connectivity index (χ3n) is 7.34. The fourth-order valence-electron chi connectivity index (χ4n) is 5.02. The van der Waals surface area contributed by atoms with Crippen molar-refractivity contribution in [2.45, 2.75) is 12.5 Å². The molecule has 0 spiro atoms. The van der Waals surface area contributed by atoms with Crippen molar-refractivity contribution >= 4 is 34.5 Å². The second kappa shape index (κ2) is 12.8. The number of carbonyl (C=O) groups is 2. The lowest BCUT2D eigenvalue weighted by Crippen LogP contribution is -2.47. The molecule has 1 saturated heterocycles. The highest BCUT2D eigenvalue weighted by Gasteiger charge is 2.25. The number of benzene rings is 3. The first kappa shape index (κ1) is 29.3. The average Bonchev–Trinajstić information content (AvgIpc) is 3.00. The molecule has 2 amide bonds. The van der Waals surface area contributed by atoms with Gasteiger partial charge in [-0.15, -0.1) is 0 Å². The van der Waals surface area contributed by atoms with E-state index >= 15 is 0 Å². The van der Waals surface area contributed by atoms with E-state index in [0.29, 0.717) is 28.1 Å². The third kappa shape index (κ3) is 6.99. The number of nitriles is 1. The van der Waals surface area contributed by atoms with Crippen LogP contribution in [0.5, 0.6) is 11.5 Å². The molecular weight excluding hydrogens is 544 g/mol. The summed E-state index contributed by atoms with van der Waals surface area (Å²) in [6.07, 6.45) is 0.244. The summed E-state index contributed by atoms with van der Waals surface area (Å²) < 4.78 is 5.95. The van der Waals surface area contributed by atoms with Gasteiger partial charge in [0.1, 0.15) is 23.4 Å². The number of nitrogens with two attached hydrogens (primary N) is 1. The number of nitrogens with zero attached hydrogens (tertiary/aromatic N) is 6. The fraction of sp³-hybridized carbons (Fsp3) is 0.281. The number of piperazine rings is 1. The predicted molar refractivity (Wildman–Crippen MR) is 165 cm³/mol. The summed E-state index contributed by atoms with van der Waals surface area (Å²) in [5.74, 6) is 1.33. The van der Waals surface area contributed by atoms with E-state index in [-0.39, 0.29) is 18.3 Å². The van der Waals surface area contributed by atoms with E-state index in [1.165, 1.54) is 4.90 Å². The fourth-order valence-corrected chi connectivity index (χ4v) is 5.02. The number of hydrogen-bond acceptors (Lipinski definition) is 9. The zero-order valence-electron chi connectivity index (χ0n) is 24.4. The molecule has 11 nitrogen and oxygen atoms in total. The molecular formula is C32H34N8O3. The lowest BCUT2D eigenvalue weighted by atomic mass is 10.0. The van der Waals surface area contributed by atoms with Gasteiger partial charge in [0, 0.05) is 57.6 Å². The Morgan fingerprint density at radius 3 is 2.47 bits per heavy atom. The maximum Gasteiger partial charge on any atom is 0.252 e. The van der Waals surface area contributed by atoms with Crippen LogP contribution in [-0.4, -0.2) is 84.9 Å². The Balaban J connectivity index is 1.35. The van der Waals surface area contributed by atoms with Crippen LogP contribution in [0, 0.1) is 11.3 Å². The molecule has 1 unspecified atom stereocenters. The van der Waals surface area contributed by atoms with E-state index < -0.39 is 11.9 Å². The molecule has 2 heterocycles. The molecule has 5 rings (SSSR count). The molecule has 0 saturated carbocycles. The maximum atomic E-state index is 13.5. The van der Waals surface area contributed by atoms with E-state index in [0.717, 1.165) is 42.9 Å². The summed E-state index contributed by atoms with van der Waals surface area (Å²) in [4.78, 5) is 41.4. The monoisotopic (exact) mass is 578 g/mol. The smallest absolute Gasteiger partial charge is 0.252 e. The van der Waals surface area contributed by atoms with Crippen LogP contribution < -0.4 is 20.7 Å². The van der Waals surface area contributed by atoms with Gasteiger partial charge >= 0.3 is 0 Å². The van der Waals surface area contributed by atoms with Crippen LogP contribution in [0.2, 0.25) is 0 Å². The summed E-state index contributed by atoms with van der Waals surface area (Å²) in [6, 6.07) is 20.7. The minimum absolute atomic E-state index is 0.140. The Labute approximate surface area is 250 Å². The molecule has 4 aromatic rings. The molecule has 220 valence electrons. The van der Waals surface area contributed by atoms with Gasteiger partial charge in [-0.25, -0.2) is 4.98 Å². The lowest BCUT2D eigenvalue weighted by Gasteiger charge is -2.33. The Kier molecular flexibility index (Phi) is 8.69. The molecule has 43 heavy (non-hydrogen) atoms. The molecule has 0 radical (unpaired) electrons. The van der Waals surface area contributed by atoms with E-state index in [1.54, 1.807) is 56.6 Å². The van der Waals surface area contributed by atoms with Crippen LogP contribution in [-0.2, 0) is 11.2 Å². The van der Waals surface area contributed by atoms with E-state index in [9.17, 15) is 9.59 Å². The summed E-state index contributed by atoms with van der Waals surface area (Å²) in [6.45, 7) is 3.46. The Hall–Kier alpha value is -5.21. The van der Waals surface area contributed by atoms with E-state index in [4.69, 9.17) is 15.7 Å². The van der Waals surface area contributed by atoms with Gasteiger partial charge in [-0.05, 0) is 61.1 Å². The largest absolute Gasteiger partial charge is 0.457 e. The number of aromatic nitrogens is 2. The molecule has 3 aromatic carbocycles. The van der Waals surface area contributed by atoms with Crippen LogP contribution in [0.1, 0.15) is 21.5 Å². The Morgan fingerprint density at radius 1 is 1.02 bits per heavy atom. The molecule has 1 aliphatic rings. The standard InChI is InChI=1S/C32H34N8O3/c1-38(2)31(42)28(18-21-6-4-8-24(16-21)43-25-9-5-7-22(17-25)20-33)35-30(41)23-10-11-26-27(19-23)36-32(34)37-29(26)40-14-12-39(3)13-15-40/h4-11,16-17,19,28H,12-15,18H2,1-3H3,(H,35,41)(H2,34,36,37). The van der Waals surface area contributed by atoms with Crippen molar-refractivity contribution in [2.75, 3.05) is 58.0 Å². The lowest BCUT2D eigenvalue weighted by molar-refractivity contribution is -0.130. The van der Waals surface area contributed by atoms with Gasteiger partial charge in [0.2, 0.25) is 11.9 Å². The molecule has 1 aliphatic heterocycles. The number of amides is 2. The van der Waals surface area contributed by atoms with Crippen molar-refractivity contribution < 1.29 is 14.3 Å².